The van der Waals surface area contributed by atoms with Crippen molar-refractivity contribution in [2.24, 2.45) is 0 Å². The van der Waals surface area contributed by atoms with E-state index in [0.29, 0.717) is 10.4 Å². The van der Waals surface area contributed by atoms with Crippen LogP contribution in [0.4, 0.5) is 0 Å². The number of benzene rings is 1. The summed E-state index contributed by atoms with van der Waals surface area (Å²) < 4.78 is 5.39. The molecule has 0 spiro atoms. The molecule has 1 aromatic heterocycles. The average Bonchev–Trinajstić information content (AvgIpc) is 2.78. The average molecular weight is 310 g/mol. The Balaban J connectivity index is 2.18. The first-order valence-electron chi connectivity index (χ1n) is 5.95. The summed E-state index contributed by atoms with van der Waals surface area (Å²) in [5, 5.41) is 0.876. The number of hydrogen-bond donors (Lipinski definition) is 0. The fourth-order valence-corrected chi connectivity index (χ4v) is 2.03. The lowest BCUT2D eigenvalue weighted by atomic mass is 10.1. The highest BCUT2D eigenvalue weighted by Crippen LogP contribution is 2.22. The summed E-state index contributed by atoms with van der Waals surface area (Å²) in [4.78, 5) is 14.4. The molecule has 0 radical (unpaired) electrons. The van der Waals surface area contributed by atoms with Gasteiger partial charge >= 0.3 is 0 Å². The molecule has 0 N–H and O–H groups in total. The number of fused-ring (bicyclic) bond motifs is 1. The molecule has 1 atom stereocenters. The van der Waals surface area contributed by atoms with E-state index in [1.165, 1.54) is 0 Å². The van der Waals surface area contributed by atoms with E-state index in [-0.39, 0.29) is 5.91 Å². The minimum Gasteiger partial charge on any atom is -0.463 e. The highest BCUT2D eigenvalue weighted by atomic mass is 79.9. The first-order valence-corrected chi connectivity index (χ1v) is 6.87. The van der Waals surface area contributed by atoms with E-state index in [9.17, 15) is 4.79 Å². The van der Waals surface area contributed by atoms with Crippen LogP contribution in [-0.2, 0) is 0 Å². The number of furan rings is 1. The van der Waals surface area contributed by atoms with Crippen LogP contribution in [0.15, 0.2) is 34.9 Å². The van der Waals surface area contributed by atoms with E-state index >= 15 is 0 Å². The Morgan fingerprint density at radius 2 is 2.17 bits per heavy atom. The van der Waals surface area contributed by atoms with Crippen molar-refractivity contribution in [2.75, 3.05) is 13.6 Å². The van der Waals surface area contributed by atoms with Crippen LogP contribution < -0.4 is 0 Å². The van der Waals surface area contributed by atoms with Gasteiger partial charge in [0.25, 0.3) is 5.91 Å². The highest BCUT2D eigenvalue weighted by molar-refractivity contribution is 9.09. The van der Waals surface area contributed by atoms with Crippen LogP contribution in [0.2, 0.25) is 0 Å². The molecule has 2 aromatic rings. The second-order valence-corrected chi connectivity index (χ2v) is 6.00. The Kier molecular flexibility index (Phi) is 4.07. The molecule has 0 aliphatic heterocycles. The molecule has 3 nitrogen and oxygen atoms in total. The van der Waals surface area contributed by atoms with Gasteiger partial charge in [0.1, 0.15) is 11.8 Å². The van der Waals surface area contributed by atoms with Crippen LogP contribution in [0.25, 0.3) is 11.0 Å². The molecule has 1 amide bonds. The molecule has 1 heterocycles. The van der Waals surface area contributed by atoms with E-state index in [0.717, 1.165) is 23.9 Å². The summed E-state index contributed by atoms with van der Waals surface area (Å²) in [5.74, 6) is 0.00750. The summed E-state index contributed by atoms with van der Waals surface area (Å²) in [7, 11) is 1.82. The molecule has 0 saturated carbocycles. The SMILES string of the molecule is CC(Br)CCN(C)C(=O)c1coc2ccccc12. The Bertz CT molecular complexity index is 547. The van der Waals surface area contributed by atoms with Gasteiger partial charge in [-0.25, -0.2) is 0 Å². The Labute approximate surface area is 115 Å². The lowest BCUT2D eigenvalue weighted by molar-refractivity contribution is 0.0795. The molecule has 0 fully saturated rings. The largest absolute Gasteiger partial charge is 0.463 e. The van der Waals surface area contributed by atoms with E-state index in [4.69, 9.17) is 4.42 Å². The van der Waals surface area contributed by atoms with Gasteiger partial charge in [0, 0.05) is 23.8 Å². The summed E-state index contributed by atoms with van der Waals surface area (Å²) >= 11 is 3.48. The van der Waals surface area contributed by atoms with Gasteiger partial charge in [-0.15, -0.1) is 0 Å². The zero-order chi connectivity index (χ0) is 13.1. The van der Waals surface area contributed by atoms with Gasteiger partial charge in [-0.2, -0.15) is 0 Å². The molecule has 0 aliphatic rings. The topological polar surface area (TPSA) is 33.5 Å². The van der Waals surface area contributed by atoms with Gasteiger partial charge < -0.3 is 9.32 Å². The maximum absolute atomic E-state index is 12.3. The monoisotopic (exact) mass is 309 g/mol. The number of halogens is 1. The number of alkyl halides is 1. The van der Waals surface area contributed by atoms with Crippen LogP contribution in [0.5, 0.6) is 0 Å². The third-order valence-electron chi connectivity index (χ3n) is 2.92. The lowest BCUT2D eigenvalue weighted by Gasteiger charge is -2.17. The smallest absolute Gasteiger partial charge is 0.257 e. The minimum absolute atomic E-state index is 0.00750. The van der Waals surface area contributed by atoms with Gasteiger partial charge in [-0.1, -0.05) is 41.1 Å². The predicted molar refractivity (Wildman–Crippen MR) is 76.2 cm³/mol. The van der Waals surface area contributed by atoms with E-state index in [1.807, 2.05) is 31.3 Å². The Morgan fingerprint density at radius 3 is 2.89 bits per heavy atom. The molecule has 0 aliphatic carbocycles. The molecular formula is C14H16BrNO2. The lowest BCUT2D eigenvalue weighted by Crippen LogP contribution is -2.28. The van der Waals surface area contributed by atoms with Crippen LogP contribution in [0, 0.1) is 0 Å². The van der Waals surface area contributed by atoms with Crippen molar-refractivity contribution in [1.82, 2.24) is 4.90 Å². The van der Waals surface area contributed by atoms with Crippen LogP contribution in [-0.4, -0.2) is 29.2 Å². The number of rotatable bonds is 4. The standard InChI is InChI=1S/C14H16BrNO2/c1-10(15)7-8-16(2)14(17)12-9-18-13-6-4-3-5-11(12)13/h3-6,9-10H,7-8H2,1-2H3. The van der Waals surface area contributed by atoms with Crippen molar-refractivity contribution < 1.29 is 9.21 Å². The maximum Gasteiger partial charge on any atom is 0.257 e. The third kappa shape index (κ3) is 2.75. The summed E-state index contributed by atoms with van der Waals surface area (Å²) in [6, 6.07) is 7.59. The zero-order valence-electron chi connectivity index (χ0n) is 10.5. The fraction of sp³-hybridized carbons (Fsp3) is 0.357. The minimum atomic E-state index is 0.00750. The van der Waals surface area contributed by atoms with Gasteiger partial charge in [0.2, 0.25) is 0 Å². The van der Waals surface area contributed by atoms with Crippen molar-refractivity contribution in [3.05, 3.63) is 36.1 Å². The van der Waals surface area contributed by atoms with Crippen molar-refractivity contribution >= 4 is 32.8 Å². The predicted octanol–water partition coefficient (Wildman–Crippen LogP) is 3.68. The second kappa shape index (κ2) is 5.57. The normalized spacial score (nSPS) is 12.6. The fourth-order valence-electron chi connectivity index (χ4n) is 1.82. The number of amides is 1. The number of nitrogens with zero attached hydrogens (tertiary/aromatic N) is 1. The summed E-state index contributed by atoms with van der Waals surface area (Å²) in [6.07, 6.45) is 2.47. The molecule has 1 aromatic carbocycles. The molecule has 2 rings (SSSR count). The first-order chi connectivity index (χ1) is 8.59. The molecular weight excluding hydrogens is 294 g/mol. The summed E-state index contributed by atoms with van der Waals surface area (Å²) in [5.41, 5.74) is 1.39. The van der Waals surface area contributed by atoms with E-state index in [2.05, 4.69) is 22.9 Å². The van der Waals surface area contributed by atoms with Crippen molar-refractivity contribution in [3.8, 4) is 0 Å². The van der Waals surface area contributed by atoms with Crippen molar-refractivity contribution in [2.45, 2.75) is 18.2 Å². The highest BCUT2D eigenvalue weighted by Gasteiger charge is 2.17. The van der Waals surface area contributed by atoms with Crippen molar-refractivity contribution in [1.29, 1.82) is 0 Å². The maximum atomic E-state index is 12.3. The second-order valence-electron chi connectivity index (χ2n) is 4.44. The molecule has 96 valence electrons. The number of para-hydroxylation sites is 1. The molecule has 18 heavy (non-hydrogen) atoms. The number of carbonyl (C=O) groups is 1. The van der Waals surface area contributed by atoms with Gasteiger partial charge in [-0.3, -0.25) is 4.79 Å². The third-order valence-corrected chi connectivity index (χ3v) is 3.38. The Morgan fingerprint density at radius 1 is 1.44 bits per heavy atom. The van der Waals surface area contributed by atoms with Gasteiger partial charge in [0.05, 0.1) is 5.56 Å². The first kappa shape index (κ1) is 13.1. The molecule has 4 heteroatoms. The van der Waals surface area contributed by atoms with Crippen LogP contribution in [0.1, 0.15) is 23.7 Å². The molecule has 1 unspecified atom stereocenters. The van der Waals surface area contributed by atoms with Gasteiger partial charge in [-0.05, 0) is 12.5 Å². The quantitative estimate of drug-likeness (QED) is 0.807. The van der Waals surface area contributed by atoms with Gasteiger partial charge in [0.15, 0.2) is 0 Å². The van der Waals surface area contributed by atoms with Crippen molar-refractivity contribution in [3.63, 3.8) is 0 Å². The van der Waals surface area contributed by atoms with E-state index < -0.39 is 0 Å². The van der Waals surface area contributed by atoms with Crippen LogP contribution >= 0.6 is 15.9 Å². The number of hydrogen-bond acceptors (Lipinski definition) is 2. The Hall–Kier alpha value is -1.29. The van der Waals surface area contributed by atoms with E-state index in [1.54, 1.807) is 11.2 Å². The zero-order valence-corrected chi connectivity index (χ0v) is 12.1. The number of carbonyl (C=O) groups excluding carboxylic acids is 1. The van der Waals surface area contributed by atoms with Crippen LogP contribution in [0.3, 0.4) is 0 Å². The molecule has 0 bridgehead atoms. The summed E-state index contributed by atoms with van der Waals surface area (Å²) in [6.45, 7) is 2.80. The molecule has 0 saturated heterocycles.